The third-order valence-electron chi connectivity index (χ3n) is 3.37. The van der Waals surface area contributed by atoms with Crippen LogP contribution in [-0.2, 0) is 4.84 Å². The highest BCUT2D eigenvalue weighted by atomic mass is 35.5. The number of hydrogen-bond donors (Lipinski definition) is 1. The van der Waals surface area contributed by atoms with Crippen molar-refractivity contribution in [3.8, 4) is 0 Å². The number of hydrogen-bond acceptors (Lipinski definition) is 4. The fourth-order valence-corrected chi connectivity index (χ4v) is 2.34. The summed E-state index contributed by atoms with van der Waals surface area (Å²) in [5, 5.41) is 11.3. The highest BCUT2D eigenvalue weighted by molar-refractivity contribution is 6.30. The van der Waals surface area contributed by atoms with Crippen LogP contribution in [0.4, 0.5) is 0 Å². The van der Waals surface area contributed by atoms with Gasteiger partial charge in [0, 0.05) is 5.02 Å². The summed E-state index contributed by atoms with van der Waals surface area (Å²) in [5.74, 6) is -1.05. The van der Waals surface area contributed by atoms with Gasteiger partial charge in [-0.05, 0) is 29.8 Å². The first kappa shape index (κ1) is 14.7. The number of benzene rings is 2. The maximum atomic E-state index is 12.1. The summed E-state index contributed by atoms with van der Waals surface area (Å²) in [7, 11) is 0. The van der Waals surface area contributed by atoms with Crippen molar-refractivity contribution in [2.45, 2.75) is 6.10 Å². The molecule has 22 heavy (non-hydrogen) atoms. The van der Waals surface area contributed by atoms with Crippen LogP contribution in [-0.4, -0.2) is 28.6 Å². The van der Waals surface area contributed by atoms with Crippen LogP contribution in [0.25, 0.3) is 0 Å². The molecule has 6 heteroatoms. The third kappa shape index (κ3) is 2.62. The van der Waals surface area contributed by atoms with Crippen LogP contribution in [0.5, 0.6) is 0 Å². The van der Waals surface area contributed by atoms with Crippen LogP contribution in [0.1, 0.15) is 32.4 Å². The first-order valence-electron chi connectivity index (χ1n) is 6.62. The molecule has 0 radical (unpaired) electrons. The molecule has 5 nitrogen and oxygen atoms in total. The van der Waals surface area contributed by atoms with Crippen molar-refractivity contribution < 1.29 is 19.5 Å². The van der Waals surface area contributed by atoms with Gasteiger partial charge in [0.15, 0.2) is 0 Å². The predicted octanol–water partition coefficient (Wildman–Crippen LogP) is 2.60. The van der Waals surface area contributed by atoms with Crippen molar-refractivity contribution in [2.24, 2.45) is 0 Å². The van der Waals surface area contributed by atoms with Crippen molar-refractivity contribution in [3.63, 3.8) is 0 Å². The minimum Gasteiger partial charge on any atom is -0.386 e. The van der Waals surface area contributed by atoms with E-state index >= 15 is 0 Å². The zero-order valence-corrected chi connectivity index (χ0v) is 12.2. The number of carbonyl (C=O) groups excluding carboxylic acids is 2. The summed E-state index contributed by atoms with van der Waals surface area (Å²) in [6.45, 7) is -0.215. The molecule has 0 bridgehead atoms. The number of amides is 2. The summed E-state index contributed by atoms with van der Waals surface area (Å²) in [6.07, 6.45) is -0.971. The summed E-state index contributed by atoms with van der Waals surface area (Å²) in [5.41, 5.74) is 1.18. The summed E-state index contributed by atoms with van der Waals surface area (Å²) < 4.78 is 0. The molecule has 0 aliphatic carbocycles. The Morgan fingerprint density at radius 3 is 2.09 bits per heavy atom. The van der Waals surface area contributed by atoms with Crippen LogP contribution >= 0.6 is 11.6 Å². The number of rotatable bonds is 4. The summed E-state index contributed by atoms with van der Waals surface area (Å²) >= 11 is 5.78. The topological polar surface area (TPSA) is 66.8 Å². The molecular weight excluding hydrogens is 306 g/mol. The first-order valence-corrected chi connectivity index (χ1v) is 7.00. The SMILES string of the molecule is O=C1c2ccccc2C(=O)N1OCC(O)c1ccc(Cl)cc1. The molecule has 2 amide bonds. The number of nitrogens with zero attached hydrogens (tertiary/aromatic N) is 1. The van der Waals surface area contributed by atoms with Crippen LogP contribution in [0.2, 0.25) is 5.02 Å². The Balaban J connectivity index is 1.69. The van der Waals surface area contributed by atoms with Crippen molar-refractivity contribution in [3.05, 3.63) is 70.2 Å². The molecule has 1 aliphatic rings. The number of aliphatic hydroxyl groups excluding tert-OH is 1. The molecule has 3 rings (SSSR count). The molecule has 1 unspecified atom stereocenters. The van der Waals surface area contributed by atoms with E-state index in [4.69, 9.17) is 16.4 Å². The molecule has 0 spiro atoms. The largest absolute Gasteiger partial charge is 0.386 e. The predicted molar refractivity (Wildman–Crippen MR) is 79.3 cm³/mol. The number of carbonyl (C=O) groups is 2. The first-order chi connectivity index (χ1) is 10.6. The normalized spacial score (nSPS) is 15.1. The van der Waals surface area contributed by atoms with Crippen molar-refractivity contribution in [2.75, 3.05) is 6.61 Å². The number of imide groups is 1. The average Bonchev–Trinajstić information content (AvgIpc) is 2.78. The van der Waals surface area contributed by atoms with E-state index in [-0.39, 0.29) is 6.61 Å². The Hall–Kier alpha value is -2.21. The number of halogens is 1. The third-order valence-corrected chi connectivity index (χ3v) is 3.63. The quantitative estimate of drug-likeness (QED) is 0.880. The molecule has 1 N–H and O–H groups in total. The lowest BCUT2D eigenvalue weighted by molar-refractivity contribution is -0.116. The van der Waals surface area contributed by atoms with Gasteiger partial charge in [0.2, 0.25) is 0 Å². The molecule has 2 aromatic carbocycles. The molecular formula is C16H12ClNO4. The Bertz CT molecular complexity index is 694. The van der Waals surface area contributed by atoms with Crippen LogP contribution in [0.15, 0.2) is 48.5 Å². The van der Waals surface area contributed by atoms with Gasteiger partial charge in [-0.25, -0.2) is 0 Å². The van der Waals surface area contributed by atoms with Gasteiger partial charge in [0.1, 0.15) is 12.7 Å². The van der Waals surface area contributed by atoms with Gasteiger partial charge >= 0.3 is 0 Å². The van der Waals surface area contributed by atoms with E-state index < -0.39 is 17.9 Å². The van der Waals surface area contributed by atoms with Gasteiger partial charge in [0.25, 0.3) is 11.8 Å². The minimum atomic E-state index is -0.971. The highest BCUT2D eigenvalue weighted by Crippen LogP contribution is 2.24. The number of aliphatic hydroxyl groups is 1. The van der Waals surface area contributed by atoms with E-state index in [2.05, 4.69) is 0 Å². The molecule has 0 saturated heterocycles. The molecule has 0 saturated carbocycles. The van der Waals surface area contributed by atoms with Gasteiger partial charge in [0.05, 0.1) is 11.1 Å². The van der Waals surface area contributed by atoms with Crippen molar-refractivity contribution in [1.82, 2.24) is 5.06 Å². The Morgan fingerprint density at radius 1 is 1.00 bits per heavy atom. The second-order valence-corrected chi connectivity index (χ2v) is 5.25. The molecule has 1 atom stereocenters. The Labute approximate surface area is 131 Å². The van der Waals surface area contributed by atoms with Gasteiger partial charge < -0.3 is 5.11 Å². The maximum Gasteiger partial charge on any atom is 0.285 e. The van der Waals surface area contributed by atoms with E-state index in [1.54, 1.807) is 48.5 Å². The van der Waals surface area contributed by atoms with E-state index in [0.29, 0.717) is 26.8 Å². The number of fused-ring (bicyclic) bond motifs is 1. The van der Waals surface area contributed by atoms with Gasteiger partial charge in [-0.15, -0.1) is 5.06 Å². The van der Waals surface area contributed by atoms with Gasteiger partial charge in [-0.1, -0.05) is 35.9 Å². The fraction of sp³-hybridized carbons (Fsp3) is 0.125. The van der Waals surface area contributed by atoms with Gasteiger partial charge in [-0.2, -0.15) is 0 Å². The lowest BCUT2D eigenvalue weighted by Crippen LogP contribution is -2.31. The lowest BCUT2D eigenvalue weighted by Gasteiger charge is -2.16. The molecule has 0 aromatic heterocycles. The molecule has 1 aliphatic heterocycles. The zero-order chi connectivity index (χ0) is 15.7. The van der Waals surface area contributed by atoms with E-state index in [9.17, 15) is 14.7 Å². The highest BCUT2D eigenvalue weighted by Gasteiger charge is 2.36. The molecule has 2 aromatic rings. The Morgan fingerprint density at radius 2 is 1.55 bits per heavy atom. The number of hydroxylamine groups is 2. The van der Waals surface area contributed by atoms with Crippen LogP contribution < -0.4 is 0 Å². The fourth-order valence-electron chi connectivity index (χ4n) is 2.21. The Kier molecular flexibility index (Phi) is 3.94. The van der Waals surface area contributed by atoms with E-state index in [0.717, 1.165) is 0 Å². The zero-order valence-electron chi connectivity index (χ0n) is 11.4. The smallest absolute Gasteiger partial charge is 0.285 e. The monoisotopic (exact) mass is 317 g/mol. The standard InChI is InChI=1S/C16H12ClNO4/c17-11-7-5-10(6-8-11)14(19)9-22-18-15(20)12-3-1-2-4-13(12)16(18)21/h1-8,14,19H,9H2. The summed E-state index contributed by atoms with van der Waals surface area (Å²) in [4.78, 5) is 29.4. The summed E-state index contributed by atoms with van der Waals surface area (Å²) in [6, 6.07) is 13.1. The van der Waals surface area contributed by atoms with Crippen LogP contribution in [0.3, 0.4) is 0 Å². The van der Waals surface area contributed by atoms with Crippen molar-refractivity contribution >= 4 is 23.4 Å². The molecule has 1 heterocycles. The van der Waals surface area contributed by atoms with Crippen LogP contribution in [0, 0.1) is 0 Å². The maximum absolute atomic E-state index is 12.1. The molecule has 112 valence electrons. The average molecular weight is 318 g/mol. The van der Waals surface area contributed by atoms with E-state index in [1.165, 1.54) is 0 Å². The second-order valence-electron chi connectivity index (χ2n) is 4.81. The van der Waals surface area contributed by atoms with Gasteiger partial charge in [-0.3, -0.25) is 14.4 Å². The molecule has 0 fully saturated rings. The van der Waals surface area contributed by atoms with Crippen molar-refractivity contribution in [1.29, 1.82) is 0 Å². The van der Waals surface area contributed by atoms with E-state index in [1.807, 2.05) is 0 Å². The minimum absolute atomic E-state index is 0.215. The lowest BCUT2D eigenvalue weighted by atomic mass is 10.1. The second kappa shape index (κ2) is 5.88.